The number of epoxide rings is 1. The molecule has 0 bridgehead atoms. The average molecular weight is 264 g/mol. The predicted molar refractivity (Wildman–Crippen MR) is 70.6 cm³/mol. The van der Waals surface area contributed by atoms with E-state index in [-0.39, 0.29) is 18.5 Å². The number of carbonyl (C=O) groups excluding carboxylic acids is 2. The highest BCUT2D eigenvalue weighted by molar-refractivity contribution is 6.08. The van der Waals surface area contributed by atoms with Crippen molar-refractivity contribution in [1.82, 2.24) is 0 Å². The number of hydrogen-bond acceptors (Lipinski definition) is 4. The second-order valence-electron chi connectivity index (χ2n) is 5.18. The molecule has 1 saturated carbocycles. The number of hydrogen-bond donors (Lipinski definition) is 0. The molecule has 1 aliphatic heterocycles. The summed E-state index contributed by atoms with van der Waals surface area (Å²) < 4.78 is 9.99. The van der Waals surface area contributed by atoms with Crippen LogP contribution in [0.15, 0.2) is 22.8 Å². The van der Waals surface area contributed by atoms with Crippen LogP contribution in [0.5, 0.6) is 0 Å². The molecule has 1 unspecified atom stereocenters. The third kappa shape index (κ3) is 4.03. The molecule has 1 saturated heterocycles. The number of esters is 1. The van der Waals surface area contributed by atoms with Gasteiger partial charge in [-0.15, -0.1) is 0 Å². The summed E-state index contributed by atoms with van der Waals surface area (Å²) in [5, 5.41) is 0. The number of allylic oxidation sites excluding steroid dienone is 3. The molecule has 0 aromatic carbocycles. The lowest BCUT2D eigenvalue weighted by Gasteiger charge is -2.04. The van der Waals surface area contributed by atoms with Crippen LogP contribution >= 0.6 is 0 Å². The van der Waals surface area contributed by atoms with Gasteiger partial charge in [0.15, 0.2) is 5.78 Å². The van der Waals surface area contributed by atoms with Crippen molar-refractivity contribution in [1.29, 1.82) is 0 Å². The normalized spacial score (nSPS) is 22.3. The van der Waals surface area contributed by atoms with Crippen LogP contribution < -0.4 is 0 Å². The van der Waals surface area contributed by atoms with Gasteiger partial charge in [-0.25, -0.2) is 4.79 Å². The third-order valence-corrected chi connectivity index (χ3v) is 3.58. The molecule has 104 valence electrons. The molecule has 2 fully saturated rings. The van der Waals surface area contributed by atoms with E-state index in [1.807, 2.05) is 6.92 Å². The van der Waals surface area contributed by atoms with Gasteiger partial charge in [0, 0.05) is 5.57 Å². The van der Waals surface area contributed by atoms with E-state index in [9.17, 15) is 9.59 Å². The minimum Gasteiger partial charge on any atom is -0.459 e. The SMILES string of the molecule is CC(C(=O)/C=C(\C)C(=O)OCC1CO1)=C1CCCC1. The minimum absolute atomic E-state index is 0.0507. The molecule has 1 heterocycles. The van der Waals surface area contributed by atoms with Crippen LogP contribution in [0.2, 0.25) is 0 Å². The Morgan fingerprint density at radius 2 is 1.95 bits per heavy atom. The summed E-state index contributed by atoms with van der Waals surface area (Å²) in [5.41, 5.74) is 2.37. The van der Waals surface area contributed by atoms with Crippen LogP contribution in [0.4, 0.5) is 0 Å². The van der Waals surface area contributed by atoms with E-state index in [1.165, 1.54) is 11.6 Å². The molecule has 4 heteroatoms. The van der Waals surface area contributed by atoms with Crippen molar-refractivity contribution in [2.24, 2.45) is 0 Å². The summed E-state index contributed by atoms with van der Waals surface area (Å²) >= 11 is 0. The smallest absolute Gasteiger partial charge is 0.333 e. The lowest BCUT2D eigenvalue weighted by Crippen LogP contribution is -2.12. The maximum Gasteiger partial charge on any atom is 0.333 e. The van der Waals surface area contributed by atoms with Gasteiger partial charge in [-0.1, -0.05) is 5.57 Å². The van der Waals surface area contributed by atoms with Gasteiger partial charge < -0.3 is 9.47 Å². The van der Waals surface area contributed by atoms with Crippen LogP contribution in [-0.2, 0) is 19.1 Å². The topological polar surface area (TPSA) is 55.9 Å². The molecule has 2 rings (SSSR count). The first kappa shape index (κ1) is 14.0. The minimum atomic E-state index is -0.437. The molecule has 0 N–H and O–H groups in total. The molecule has 4 nitrogen and oxygen atoms in total. The number of rotatable bonds is 5. The zero-order valence-electron chi connectivity index (χ0n) is 11.5. The zero-order valence-corrected chi connectivity index (χ0v) is 11.5. The molecule has 0 aromatic heterocycles. The van der Waals surface area contributed by atoms with E-state index in [0.29, 0.717) is 12.2 Å². The summed E-state index contributed by atoms with van der Waals surface area (Å²) in [6, 6.07) is 0. The first-order valence-electron chi connectivity index (χ1n) is 6.78. The van der Waals surface area contributed by atoms with E-state index < -0.39 is 5.97 Å². The van der Waals surface area contributed by atoms with Gasteiger partial charge in [-0.05, 0) is 51.2 Å². The molecule has 19 heavy (non-hydrogen) atoms. The molecule has 0 aromatic rings. The highest BCUT2D eigenvalue weighted by Crippen LogP contribution is 2.27. The van der Waals surface area contributed by atoms with Gasteiger partial charge in [0.2, 0.25) is 0 Å². The van der Waals surface area contributed by atoms with Gasteiger partial charge in [-0.2, -0.15) is 0 Å². The first-order valence-corrected chi connectivity index (χ1v) is 6.78. The van der Waals surface area contributed by atoms with E-state index in [2.05, 4.69) is 0 Å². The summed E-state index contributed by atoms with van der Waals surface area (Å²) in [6.45, 7) is 4.38. The molecular weight excluding hydrogens is 244 g/mol. The molecule has 1 aliphatic carbocycles. The van der Waals surface area contributed by atoms with Crippen molar-refractivity contribution in [3.05, 3.63) is 22.8 Å². The molecule has 0 amide bonds. The molecule has 0 radical (unpaired) electrons. The van der Waals surface area contributed by atoms with Crippen molar-refractivity contribution < 1.29 is 19.1 Å². The van der Waals surface area contributed by atoms with Crippen molar-refractivity contribution in [2.45, 2.75) is 45.6 Å². The second kappa shape index (κ2) is 6.15. The Labute approximate surface area is 113 Å². The van der Waals surface area contributed by atoms with Crippen LogP contribution in [0.1, 0.15) is 39.5 Å². The molecule has 1 atom stereocenters. The van der Waals surface area contributed by atoms with E-state index in [4.69, 9.17) is 9.47 Å². The lowest BCUT2D eigenvalue weighted by atomic mass is 10.0. The highest BCUT2D eigenvalue weighted by atomic mass is 16.6. The average Bonchev–Trinajstić information content (AvgIpc) is 3.06. The van der Waals surface area contributed by atoms with Gasteiger partial charge in [0.1, 0.15) is 12.7 Å². The fraction of sp³-hybridized carbons (Fsp3) is 0.600. The second-order valence-corrected chi connectivity index (χ2v) is 5.18. The molecular formula is C15H20O4. The Bertz CT molecular complexity index is 433. The largest absolute Gasteiger partial charge is 0.459 e. The number of ketones is 1. The van der Waals surface area contributed by atoms with Crippen LogP contribution in [-0.4, -0.2) is 31.1 Å². The number of ether oxygens (including phenoxy) is 2. The Balaban J connectivity index is 1.92. The Morgan fingerprint density at radius 3 is 2.53 bits per heavy atom. The standard InChI is InChI=1S/C15H20O4/c1-10(15(17)19-9-13-8-18-13)7-14(16)11(2)12-5-3-4-6-12/h7,13H,3-6,8-9H2,1-2H3/b10-7+. The summed E-state index contributed by atoms with van der Waals surface area (Å²) in [4.78, 5) is 23.7. The first-order chi connectivity index (χ1) is 9.08. The predicted octanol–water partition coefficient (Wildman–Crippen LogP) is 2.33. The van der Waals surface area contributed by atoms with Crippen LogP contribution in [0, 0.1) is 0 Å². The van der Waals surface area contributed by atoms with Crippen molar-refractivity contribution in [2.75, 3.05) is 13.2 Å². The Morgan fingerprint density at radius 1 is 1.32 bits per heavy atom. The quantitative estimate of drug-likeness (QED) is 0.434. The fourth-order valence-corrected chi connectivity index (χ4v) is 2.16. The third-order valence-electron chi connectivity index (χ3n) is 3.58. The van der Waals surface area contributed by atoms with Gasteiger partial charge >= 0.3 is 5.97 Å². The lowest BCUT2D eigenvalue weighted by molar-refractivity contribution is -0.139. The molecule has 2 aliphatic rings. The van der Waals surface area contributed by atoms with Crippen LogP contribution in [0.25, 0.3) is 0 Å². The van der Waals surface area contributed by atoms with Gasteiger partial charge in [0.05, 0.1) is 6.61 Å². The summed E-state index contributed by atoms with van der Waals surface area (Å²) in [6.07, 6.45) is 5.77. The Kier molecular flexibility index (Phi) is 4.53. The number of carbonyl (C=O) groups is 2. The van der Waals surface area contributed by atoms with Crippen LogP contribution in [0.3, 0.4) is 0 Å². The maximum absolute atomic E-state index is 12.0. The van der Waals surface area contributed by atoms with Crippen molar-refractivity contribution in [3.63, 3.8) is 0 Å². The van der Waals surface area contributed by atoms with Gasteiger partial charge in [0.25, 0.3) is 0 Å². The monoisotopic (exact) mass is 264 g/mol. The zero-order chi connectivity index (χ0) is 13.8. The van der Waals surface area contributed by atoms with Crippen molar-refractivity contribution >= 4 is 11.8 Å². The van der Waals surface area contributed by atoms with Gasteiger partial charge in [-0.3, -0.25) is 4.79 Å². The Hall–Kier alpha value is -1.42. The summed E-state index contributed by atoms with van der Waals surface area (Å²) in [7, 11) is 0. The van der Waals surface area contributed by atoms with E-state index in [0.717, 1.165) is 31.3 Å². The van der Waals surface area contributed by atoms with E-state index >= 15 is 0 Å². The van der Waals surface area contributed by atoms with E-state index in [1.54, 1.807) is 6.92 Å². The summed E-state index contributed by atoms with van der Waals surface area (Å²) in [5.74, 6) is -0.512. The maximum atomic E-state index is 12.0. The van der Waals surface area contributed by atoms with Crippen molar-refractivity contribution in [3.8, 4) is 0 Å². The highest BCUT2D eigenvalue weighted by Gasteiger charge is 2.24. The molecule has 0 spiro atoms. The fourth-order valence-electron chi connectivity index (χ4n) is 2.16.